The summed E-state index contributed by atoms with van der Waals surface area (Å²) in [6, 6.07) is 15.8. The lowest BCUT2D eigenvalue weighted by atomic mass is 10.0. The van der Waals surface area contributed by atoms with Crippen LogP contribution in [0.15, 0.2) is 73.2 Å². The van der Waals surface area contributed by atoms with Crippen LogP contribution >= 0.6 is 0 Å². The quantitative estimate of drug-likeness (QED) is 0.302. The van der Waals surface area contributed by atoms with Crippen LogP contribution in [-0.4, -0.2) is 44.8 Å². The first-order valence-electron chi connectivity index (χ1n) is 11.3. The Morgan fingerprint density at radius 1 is 1.00 bits per heavy atom. The normalized spacial score (nSPS) is 11.9. The van der Waals surface area contributed by atoms with Gasteiger partial charge in [0.2, 0.25) is 10.0 Å². The summed E-state index contributed by atoms with van der Waals surface area (Å²) in [6.07, 6.45) is 6.25. The molecule has 0 unspecified atom stereocenters. The van der Waals surface area contributed by atoms with Gasteiger partial charge in [0.15, 0.2) is 5.82 Å². The van der Waals surface area contributed by atoms with Crippen LogP contribution in [0.4, 0.5) is 4.39 Å². The number of fused-ring (bicyclic) bond motifs is 2. The Morgan fingerprint density at radius 2 is 1.89 bits per heavy atom. The number of pyridine rings is 2. The fourth-order valence-corrected chi connectivity index (χ4v) is 4.70. The lowest BCUT2D eigenvalue weighted by Crippen LogP contribution is -2.21. The highest BCUT2D eigenvalue weighted by Crippen LogP contribution is 2.33. The second-order valence-corrected chi connectivity index (χ2v) is 10.5. The summed E-state index contributed by atoms with van der Waals surface area (Å²) >= 11 is 0. The summed E-state index contributed by atoms with van der Waals surface area (Å²) in [5.74, 6) is 0.0803. The van der Waals surface area contributed by atoms with E-state index in [9.17, 15) is 12.8 Å². The molecule has 0 radical (unpaired) electrons. The number of hydrogen-bond acceptors (Lipinski definition) is 6. The van der Waals surface area contributed by atoms with Crippen molar-refractivity contribution >= 4 is 32.0 Å². The van der Waals surface area contributed by atoms with Crippen molar-refractivity contribution in [3.05, 3.63) is 84.6 Å². The molecule has 0 spiro atoms. The molecule has 4 heterocycles. The van der Waals surface area contributed by atoms with E-state index in [1.54, 1.807) is 24.7 Å². The van der Waals surface area contributed by atoms with Crippen LogP contribution in [0.3, 0.4) is 0 Å². The molecule has 11 heteroatoms. The summed E-state index contributed by atoms with van der Waals surface area (Å²) in [6.45, 7) is -0.0159. The number of nitrogens with one attached hydrogen (secondary N) is 3. The van der Waals surface area contributed by atoms with Crippen LogP contribution in [0.25, 0.3) is 55.8 Å². The topological polar surface area (TPSA) is 129 Å². The molecule has 37 heavy (non-hydrogen) atoms. The predicted molar refractivity (Wildman–Crippen MR) is 139 cm³/mol. The molecule has 0 saturated carbocycles. The predicted octanol–water partition coefficient (Wildman–Crippen LogP) is 4.42. The van der Waals surface area contributed by atoms with Gasteiger partial charge in [-0.05, 0) is 53.6 Å². The zero-order chi connectivity index (χ0) is 25.6. The van der Waals surface area contributed by atoms with Crippen molar-refractivity contribution in [2.45, 2.75) is 6.54 Å². The fraction of sp³-hybridized carbons (Fsp3) is 0.0769. The SMILES string of the molecule is CS(=O)(=O)NCc1cc(F)cc(-c2cccc3[nH]c(-c4n[nH]c5cnc(-c6cccnc6)cc45)nc23)c1. The number of rotatable bonds is 6. The highest BCUT2D eigenvalue weighted by molar-refractivity contribution is 7.88. The summed E-state index contributed by atoms with van der Waals surface area (Å²) in [4.78, 5) is 16.8. The molecule has 0 amide bonds. The van der Waals surface area contributed by atoms with Gasteiger partial charge in [-0.2, -0.15) is 5.10 Å². The van der Waals surface area contributed by atoms with Gasteiger partial charge < -0.3 is 4.98 Å². The molecule has 0 aliphatic rings. The number of aromatic nitrogens is 6. The number of benzene rings is 2. The molecular formula is C26H20FN7O2S. The van der Waals surface area contributed by atoms with Gasteiger partial charge in [0.05, 0.1) is 34.7 Å². The van der Waals surface area contributed by atoms with Gasteiger partial charge >= 0.3 is 0 Å². The fourth-order valence-electron chi connectivity index (χ4n) is 4.27. The number of H-pyrrole nitrogens is 2. The van der Waals surface area contributed by atoms with E-state index < -0.39 is 15.8 Å². The molecule has 0 atom stereocenters. The molecule has 0 aliphatic heterocycles. The average Bonchev–Trinajstić information content (AvgIpc) is 3.51. The zero-order valence-electron chi connectivity index (χ0n) is 19.5. The summed E-state index contributed by atoms with van der Waals surface area (Å²) in [5, 5.41) is 8.32. The van der Waals surface area contributed by atoms with Crippen molar-refractivity contribution in [2.24, 2.45) is 0 Å². The maximum absolute atomic E-state index is 14.5. The third-order valence-electron chi connectivity index (χ3n) is 5.95. The molecule has 6 rings (SSSR count). The minimum Gasteiger partial charge on any atom is -0.337 e. The Hall–Kier alpha value is -4.48. The van der Waals surface area contributed by atoms with Crippen LogP contribution < -0.4 is 4.72 Å². The monoisotopic (exact) mass is 513 g/mol. The number of sulfonamides is 1. The van der Waals surface area contributed by atoms with Crippen molar-refractivity contribution in [1.29, 1.82) is 0 Å². The van der Waals surface area contributed by atoms with Crippen molar-refractivity contribution < 1.29 is 12.8 Å². The van der Waals surface area contributed by atoms with Gasteiger partial charge in [-0.15, -0.1) is 0 Å². The molecule has 184 valence electrons. The van der Waals surface area contributed by atoms with Gasteiger partial charge in [-0.25, -0.2) is 22.5 Å². The maximum atomic E-state index is 14.5. The third-order valence-corrected chi connectivity index (χ3v) is 6.62. The molecule has 9 nitrogen and oxygen atoms in total. The smallest absolute Gasteiger partial charge is 0.209 e. The summed E-state index contributed by atoms with van der Waals surface area (Å²) in [7, 11) is -3.42. The minimum absolute atomic E-state index is 0.0159. The molecule has 6 aromatic rings. The molecular weight excluding hydrogens is 493 g/mol. The van der Waals surface area contributed by atoms with Crippen LogP contribution in [-0.2, 0) is 16.6 Å². The standard InChI is InChI=1S/C26H20FN7O2S/c1-37(35,36)30-12-15-8-17(10-18(27)9-15)19-5-2-6-21-24(19)32-26(31-21)25-20-11-22(16-4-3-7-28-13-16)29-14-23(20)33-34-25/h2-11,13-14,30H,12H2,1H3,(H,31,32)(H,33,34). The first-order valence-corrected chi connectivity index (χ1v) is 13.2. The highest BCUT2D eigenvalue weighted by atomic mass is 32.2. The van der Waals surface area contributed by atoms with E-state index in [0.717, 1.165) is 33.9 Å². The van der Waals surface area contributed by atoms with Crippen molar-refractivity contribution in [3.63, 3.8) is 0 Å². The summed E-state index contributed by atoms with van der Waals surface area (Å²) < 4.78 is 39.9. The van der Waals surface area contributed by atoms with Gasteiger partial charge in [0, 0.05) is 35.5 Å². The van der Waals surface area contributed by atoms with E-state index >= 15 is 0 Å². The van der Waals surface area contributed by atoms with Gasteiger partial charge in [-0.1, -0.05) is 12.1 Å². The zero-order valence-corrected chi connectivity index (χ0v) is 20.3. The third kappa shape index (κ3) is 4.57. The molecule has 0 saturated heterocycles. The lowest BCUT2D eigenvalue weighted by molar-refractivity contribution is 0.586. The van der Waals surface area contributed by atoms with E-state index in [4.69, 9.17) is 4.98 Å². The number of hydrogen-bond donors (Lipinski definition) is 3. The molecule has 2 aromatic carbocycles. The van der Waals surface area contributed by atoms with Gasteiger partial charge in [0.1, 0.15) is 11.5 Å². The number of aromatic amines is 2. The Morgan fingerprint density at radius 3 is 2.70 bits per heavy atom. The summed E-state index contributed by atoms with van der Waals surface area (Å²) in [5.41, 5.74) is 6.22. The van der Waals surface area contributed by atoms with E-state index in [2.05, 4.69) is 29.9 Å². The van der Waals surface area contributed by atoms with Crippen molar-refractivity contribution in [1.82, 2.24) is 34.9 Å². The van der Waals surface area contributed by atoms with Crippen LogP contribution in [0.1, 0.15) is 5.56 Å². The Labute approximate surface area is 210 Å². The van der Waals surface area contributed by atoms with Crippen molar-refractivity contribution in [2.75, 3.05) is 6.26 Å². The molecule has 0 bridgehead atoms. The van der Waals surface area contributed by atoms with Crippen LogP contribution in [0.5, 0.6) is 0 Å². The number of nitrogens with zero attached hydrogens (tertiary/aromatic N) is 4. The Bertz CT molecular complexity index is 1880. The first-order chi connectivity index (χ1) is 17.8. The Kier molecular flexibility index (Phi) is 5.50. The van der Waals surface area contributed by atoms with E-state index in [-0.39, 0.29) is 6.54 Å². The van der Waals surface area contributed by atoms with Gasteiger partial charge in [0.25, 0.3) is 0 Å². The lowest BCUT2D eigenvalue weighted by Gasteiger charge is -2.08. The van der Waals surface area contributed by atoms with E-state index in [1.807, 2.05) is 36.4 Å². The molecule has 0 aliphatic carbocycles. The maximum Gasteiger partial charge on any atom is 0.209 e. The number of imidazole rings is 1. The molecule has 4 aromatic heterocycles. The molecule has 3 N–H and O–H groups in total. The van der Waals surface area contributed by atoms with Crippen LogP contribution in [0.2, 0.25) is 0 Å². The largest absolute Gasteiger partial charge is 0.337 e. The van der Waals surface area contributed by atoms with Crippen molar-refractivity contribution in [3.8, 4) is 33.9 Å². The average molecular weight is 514 g/mol. The second-order valence-electron chi connectivity index (χ2n) is 8.66. The highest BCUT2D eigenvalue weighted by Gasteiger charge is 2.17. The minimum atomic E-state index is -3.42. The Balaban J connectivity index is 1.44. The van der Waals surface area contributed by atoms with E-state index in [0.29, 0.717) is 33.7 Å². The first kappa shape index (κ1) is 23.0. The number of halogens is 1. The van der Waals surface area contributed by atoms with E-state index in [1.165, 1.54) is 12.1 Å². The van der Waals surface area contributed by atoms with Crippen LogP contribution in [0, 0.1) is 5.82 Å². The molecule has 0 fully saturated rings. The van der Waals surface area contributed by atoms with Gasteiger partial charge in [-0.3, -0.25) is 15.1 Å². The second kappa shape index (κ2) is 8.87. The number of para-hydroxylation sites is 1.